The van der Waals surface area contributed by atoms with Gasteiger partial charge in [0.05, 0.1) is 7.11 Å². The monoisotopic (exact) mass is 549 g/mol. The Kier molecular flexibility index (Phi) is 12.1. The average molecular weight is 550 g/mol. The molecule has 0 saturated carbocycles. The van der Waals surface area contributed by atoms with Crippen LogP contribution in [0.4, 0.5) is 5.69 Å². The molecule has 1 N–H and O–H groups in total. The summed E-state index contributed by atoms with van der Waals surface area (Å²) >= 11 is 0. The van der Waals surface area contributed by atoms with E-state index in [9.17, 15) is 9.59 Å². The van der Waals surface area contributed by atoms with E-state index in [4.69, 9.17) is 4.74 Å². The lowest BCUT2D eigenvalue weighted by atomic mass is 9.96. The Labute approximate surface area is 242 Å². The van der Waals surface area contributed by atoms with Gasteiger partial charge >= 0.3 is 0 Å². The largest absolute Gasteiger partial charge is 0.496 e. The van der Waals surface area contributed by atoms with Crippen LogP contribution in [0.2, 0.25) is 0 Å². The summed E-state index contributed by atoms with van der Waals surface area (Å²) in [6, 6.07) is 10.1. The molecule has 1 heterocycles. The fourth-order valence-electron chi connectivity index (χ4n) is 5.49. The number of methoxy groups -OCH3 is 1. The number of hydrogen-bond donors (Lipinski definition) is 1. The number of carbonyl (C=O) groups is 2. The lowest BCUT2D eigenvalue weighted by Crippen LogP contribution is -2.33. The number of anilines is 1. The maximum absolute atomic E-state index is 13.4. The Bertz CT molecular complexity index is 1140. The molecule has 2 aromatic carbocycles. The molecule has 0 atom stereocenters. The minimum absolute atomic E-state index is 0.0557. The third-order valence-electron chi connectivity index (χ3n) is 8.03. The molecule has 6 heteroatoms. The highest BCUT2D eigenvalue weighted by Crippen LogP contribution is 2.30. The quantitative estimate of drug-likeness (QED) is 0.378. The summed E-state index contributed by atoms with van der Waals surface area (Å²) in [7, 11) is 1.70. The van der Waals surface area contributed by atoms with Gasteiger partial charge in [-0.3, -0.25) is 14.5 Å². The van der Waals surface area contributed by atoms with E-state index in [2.05, 4.69) is 57.0 Å². The summed E-state index contributed by atoms with van der Waals surface area (Å²) in [4.78, 5) is 30.6. The SMILES string of the molecule is COc1cc(C)c(CNC(=O)c2ccc3c(c2)CN(CCC(C)C)CCCCCCCN3C(C)=O)cc1C(C)C. The second-order valence-electron chi connectivity index (χ2n) is 12.1. The van der Waals surface area contributed by atoms with Crippen molar-refractivity contribution in [1.82, 2.24) is 10.2 Å². The number of ether oxygens (including phenoxy) is 1. The van der Waals surface area contributed by atoms with E-state index in [0.29, 0.717) is 23.9 Å². The normalized spacial score (nSPS) is 15.4. The number of hydrogen-bond acceptors (Lipinski definition) is 4. The first kappa shape index (κ1) is 31.7. The first-order valence-corrected chi connectivity index (χ1v) is 15.2. The Hall–Kier alpha value is -2.86. The highest BCUT2D eigenvalue weighted by Gasteiger charge is 2.20. The Morgan fingerprint density at radius 2 is 1.68 bits per heavy atom. The molecule has 220 valence electrons. The van der Waals surface area contributed by atoms with Gasteiger partial charge in [-0.1, -0.05) is 47.0 Å². The van der Waals surface area contributed by atoms with E-state index in [1.807, 2.05) is 23.1 Å². The van der Waals surface area contributed by atoms with Crippen molar-refractivity contribution >= 4 is 17.5 Å². The van der Waals surface area contributed by atoms with Crippen molar-refractivity contribution < 1.29 is 14.3 Å². The minimum atomic E-state index is -0.0988. The van der Waals surface area contributed by atoms with Gasteiger partial charge in [-0.05, 0) is 104 Å². The number of rotatable bonds is 8. The van der Waals surface area contributed by atoms with E-state index in [0.717, 1.165) is 79.1 Å². The van der Waals surface area contributed by atoms with Crippen LogP contribution in [0.25, 0.3) is 0 Å². The minimum Gasteiger partial charge on any atom is -0.496 e. The van der Waals surface area contributed by atoms with Crippen LogP contribution >= 0.6 is 0 Å². The molecule has 3 rings (SSSR count). The Balaban J connectivity index is 1.89. The van der Waals surface area contributed by atoms with Gasteiger partial charge in [0.1, 0.15) is 5.75 Å². The highest BCUT2D eigenvalue weighted by molar-refractivity contribution is 5.97. The van der Waals surface area contributed by atoms with E-state index in [1.54, 1.807) is 14.0 Å². The molecule has 1 aliphatic rings. The number of amides is 2. The van der Waals surface area contributed by atoms with Gasteiger partial charge in [0, 0.05) is 37.8 Å². The van der Waals surface area contributed by atoms with Crippen molar-refractivity contribution in [2.45, 2.75) is 99.1 Å². The summed E-state index contributed by atoms with van der Waals surface area (Å²) in [6.45, 7) is 16.5. The van der Waals surface area contributed by atoms with Gasteiger partial charge in [-0.15, -0.1) is 0 Å². The number of nitrogens with one attached hydrogen (secondary N) is 1. The van der Waals surface area contributed by atoms with E-state index < -0.39 is 0 Å². The van der Waals surface area contributed by atoms with Crippen LogP contribution in [0.5, 0.6) is 5.75 Å². The number of aryl methyl sites for hydroxylation is 1. The average Bonchev–Trinajstić information content (AvgIpc) is 2.90. The summed E-state index contributed by atoms with van der Waals surface area (Å²) in [6.07, 6.45) is 6.88. The molecule has 0 aliphatic carbocycles. The maximum Gasteiger partial charge on any atom is 0.251 e. The molecular formula is C34H51N3O3. The Morgan fingerprint density at radius 1 is 0.975 bits per heavy atom. The van der Waals surface area contributed by atoms with E-state index in [-0.39, 0.29) is 11.8 Å². The smallest absolute Gasteiger partial charge is 0.251 e. The number of benzene rings is 2. The Morgan fingerprint density at radius 3 is 2.33 bits per heavy atom. The van der Waals surface area contributed by atoms with Gasteiger partial charge in [0.15, 0.2) is 0 Å². The fraction of sp³-hybridized carbons (Fsp3) is 0.588. The molecule has 1 aliphatic heterocycles. The molecule has 0 spiro atoms. The molecule has 40 heavy (non-hydrogen) atoms. The topological polar surface area (TPSA) is 61.9 Å². The molecule has 0 aromatic heterocycles. The van der Waals surface area contributed by atoms with Crippen LogP contribution < -0.4 is 15.0 Å². The van der Waals surface area contributed by atoms with Crippen molar-refractivity contribution in [3.63, 3.8) is 0 Å². The van der Waals surface area contributed by atoms with Crippen LogP contribution in [-0.4, -0.2) is 43.5 Å². The molecule has 2 amide bonds. The molecule has 6 nitrogen and oxygen atoms in total. The third-order valence-corrected chi connectivity index (χ3v) is 8.03. The molecule has 2 aromatic rings. The van der Waals surface area contributed by atoms with Crippen LogP contribution in [0.3, 0.4) is 0 Å². The number of carbonyl (C=O) groups excluding carboxylic acids is 2. The molecule has 0 unspecified atom stereocenters. The molecular weight excluding hydrogens is 498 g/mol. The van der Waals surface area contributed by atoms with Crippen molar-refractivity contribution in [1.29, 1.82) is 0 Å². The van der Waals surface area contributed by atoms with Gasteiger partial charge in [0.25, 0.3) is 5.91 Å². The first-order chi connectivity index (χ1) is 19.1. The zero-order valence-electron chi connectivity index (χ0n) is 25.9. The predicted octanol–water partition coefficient (Wildman–Crippen LogP) is 7.22. The van der Waals surface area contributed by atoms with Crippen molar-refractivity contribution in [3.8, 4) is 5.75 Å². The second-order valence-corrected chi connectivity index (χ2v) is 12.1. The van der Waals surface area contributed by atoms with Gasteiger partial charge in [0.2, 0.25) is 5.91 Å². The van der Waals surface area contributed by atoms with Crippen LogP contribution in [-0.2, 0) is 17.9 Å². The van der Waals surface area contributed by atoms with Crippen LogP contribution in [0.1, 0.15) is 112 Å². The summed E-state index contributed by atoms with van der Waals surface area (Å²) < 4.78 is 5.59. The first-order valence-electron chi connectivity index (χ1n) is 15.2. The summed E-state index contributed by atoms with van der Waals surface area (Å²) in [5.41, 5.74) is 5.95. The zero-order chi connectivity index (χ0) is 29.2. The van der Waals surface area contributed by atoms with Crippen LogP contribution in [0, 0.1) is 12.8 Å². The second kappa shape index (κ2) is 15.2. The molecule has 0 saturated heterocycles. The lowest BCUT2D eigenvalue weighted by Gasteiger charge is -2.29. The molecule has 0 bridgehead atoms. The standard InChI is InChI=1S/C34H51N3O3/c1-24(2)15-18-36-16-11-9-8-10-12-17-37(27(6)38)32-14-13-28(20-30(32)23-36)34(39)35-22-29-21-31(25(3)4)33(40-7)19-26(29)5/h13-14,19-21,24-25H,8-12,15-18,22-23H2,1-7H3,(H,35,39). The predicted molar refractivity (Wildman–Crippen MR) is 165 cm³/mol. The number of fused-ring (bicyclic) bond motifs is 1. The van der Waals surface area contributed by atoms with E-state index >= 15 is 0 Å². The maximum atomic E-state index is 13.4. The van der Waals surface area contributed by atoms with Gasteiger partial charge < -0.3 is 15.0 Å². The van der Waals surface area contributed by atoms with E-state index in [1.165, 1.54) is 19.3 Å². The third kappa shape index (κ3) is 8.82. The van der Waals surface area contributed by atoms with Gasteiger partial charge in [-0.2, -0.15) is 0 Å². The highest BCUT2D eigenvalue weighted by atomic mass is 16.5. The zero-order valence-corrected chi connectivity index (χ0v) is 25.9. The van der Waals surface area contributed by atoms with Gasteiger partial charge in [-0.25, -0.2) is 0 Å². The molecule has 0 fully saturated rings. The fourth-order valence-corrected chi connectivity index (χ4v) is 5.49. The summed E-state index contributed by atoms with van der Waals surface area (Å²) in [5.74, 6) is 1.80. The van der Waals surface area contributed by atoms with Crippen LogP contribution in [0.15, 0.2) is 30.3 Å². The van der Waals surface area contributed by atoms with Crippen molar-refractivity contribution in [2.75, 3.05) is 31.6 Å². The van der Waals surface area contributed by atoms with Crippen molar-refractivity contribution in [3.05, 3.63) is 58.1 Å². The molecule has 0 radical (unpaired) electrons. The number of nitrogens with zero attached hydrogens (tertiary/aromatic N) is 2. The lowest BCUT2D eigenvalue weighted by molar-refractivity contribution is -0.116. The van der Waals surface area contributed by atoms with Crippen molar-refractivity contribution in [2.24, 2.45) is 5.92 Å². The summed E-state index contributed by atoms with van der Waals surface area (Å²) in [5, 5.41) is 3.15.